The number of carbonyl (C=O) groups excluding carboxylic acids is 1. The van der Waals surface area contributed by atoms with Crippen molar-refractivity contribution >= 4 is 17.2 Å². The molecule has 1 aromatic rings. The first-order chi connectivity index (χ1) is 8.08. The van der Waals surface area contributed by atoms with Gasteiger partial charge in [0.1, 0.15) is 5.69 Å². The first-order valence-electron chi connectivity index (χ1n) is 5.64. The summed E-state index contributed by atoms with van der Waals surface area (Å²) in [4.78, 5) is 16.0. The van der Waals surface area contributed by atoms with Crippen LogP contribution in [0.4, 0.5) is 0 Å². The zero-order chi connectivity index (χ0) is 12.8. The van der Waals surface area contributed by atoms with Crippen molar-refractivity contribution in [1.29, 1.82) is 0 Å². The summed E-state index contributed by atoms with van der Waals surface area (Å²) < 4.78 is 0. The molecule has 17 heavy (non-hydrogen) atoms. The molecule has 0 aliphatic carbocycles. The monoisotopic (exact) mass is 257 g/mol. The van der Waals surface area contributed by atoms with Gasteiger partial charge in [-0.25, -0.2) is 4.98 Å². The Morgan fingerprint density at radius 1 is 1.65 bits per heavy atom. The van der Waals surface area contributed by atoms with Gasteiger partial charge >= 0.3 is 0 Å². The van der Waals surface area contributed by atoms with E-state index in [-0.39, 0.29) is 24.5 Å². The molecule has 6 heteroatoms. The molecule has 0 bridgehead atoms. The molecule has 0 radical (unpaired) electrons. The summed E-state index contributed by atoms with van der Waals surface area (Å²) in [5.74, 6) is -0.0524. The molecule has 0 aromatic carbocycles. The molecule has 0 saturated carbocycles. The number of amides is 1. The summed E-state index contributed by atoms with van der Waals surface area (Å²) in [7, 11) is 0. The number of carbonyl (C=O) groups is 1. The van der Waals surface area contributed by atoms with Crippen LogP contribution in [0.1, 0.15) is 29.3 Å². The van der Waals surface area contributed by atoms with Gasteiger partial charge in [0.25, 0.3) is 5.91 Å². The molecule has 5 nitrogen and oxygen atoms in total. The number of rotatable bonds is 6. The van der Waals surface area contributed by atoms with Gasteiger partial charge in [-0.2, -0.15) is 0 Å². The summed E-state index contributed by atoms with van der Waals surface area (Å²) >= 11 is 1.43. The number of aliphatic hydroxyl groups is 1. The van der Waals surface area contributed by atoms with E-state index in [0.29, 0.717) is 18.7 Å². The van der Waals surface area contributed by atoms with Gasteiger partial charge in [0, 0.05) is 11.8 Å². The SMILES string of the molecule is CC(C)C(CO)NC(=O)c1csc(CCN)n1. The van der Waals surface area contributed by atoms with Gasteiger partial charge in [0.05, 0.1) is 17.7 Å². The van der Waals surface area contributed by atoms with Crippen molar-refractivity contribution in [1.82, 2.24) is 10.3 Å². The van der Waals surface area contributed by atoms with Crippen molar-refractivity contribution < 1.29 is 9.90 Å². The highest BCUT2D eigenvalue weighted by molar-refractivity contribution is 7.09. The third-order valence-corrected chi connectivity index (χ3v) is 3.37. The Labute approximate surface area is 105 Å². The van der Waals surface area contributed by atoms with Crippen molar-refractivity contribution in [3.05, 3.63) is 16.1 Å². The van der Waals surface area contributed by atoms with E-state index in [0.717, 1.165) is 5.01 Å². The summed E-state index contributed by atoms with van der Waals surface area (Å²) in [5.41, 5.74) is 5.82. The number of thiazole rings is 1. The maximum absolute atomic E-state index is 11.8. The number of nitrogens with two attached hydrogens (primary N) is 1. The van der Waals surface area contributed by atoms with Gasteiger partial charge in [0.15, 0.2) is 0 Å². The first-order valence-corrected chi connectivity index (χ1v) is 6.52. The average molecular weight is 257 g/mol. The lowest BCUT2D eigenvalue weighted by Crippen LogP contribution is -2.41. The Morgan fingerprint density at radius 3 is 2.88 bits per heavy atom. The highest BCUT2D eigenvalue weighted by Gasteiger charge is 2.17. The molecule has 1 unspecified atom stereocenters. The normalized spacial score (nSPS) is 12.8. The third kappa shape index (κ3) is 4.07. The van der Waals surface area contributed by atoms with E-state index in [1.807, 2.05) is 13.8 Å². The van der Waals surface area contributed by atoms with E-state index in [4.69, 9.17) is 10.8 Å². The fourth-order valence-electron chi connectivity index (χ4n) is 1.32. The largest absolute Gasteiger partial charge is 0.394 e. The quantitative estimate of drug-likeness (QED) is 0.688. The zero-order valence-electron chi connectivity index (χ0n) is 10.1. The maximum atomic E-state index is 11.8. The standard InChI is InChI=1S/C11H19N3O2S/c1-7(2)8(5-15)14-11(16)9-6-17-10(13-9)3-4-12/h6-8,15H,3-5,12H2,1-2H3,(H,14,16). The molecular weight excluding hydrogens is 238 g/mol. The van der Waals surface area contributed by atoms with Crippen LogP contribution in [0.15, 0.2) is 5.38 Å². The second-order valence-corrected chi connectivity index (χ2v) is 5.11. The number of hydrogen-bond acceptors (Lipinski definition) is 5. The van der Waals surface area contributed by atoms with Crippen molar-refractivity contribution in [2.75, 3.05) is 13.2 Å². The molecule has 0 aliphatic rings. The lowest BCUT2D eigenvalue weighted by atomic mass is 10.1. The summed E-state index contributed by atoms with van der Waals surface area (Å²) in [6.07, 6.45) is 0.686. The van der Waals surface area contributed by atoms with Crippen LogP contribution in [0.2, 0.25) is 0 Å². The minimum Gasteiger partial charge on any atom is -0.394 e. The van der Waals surface area contributed by atoms with Crippen LogP contribution in [0.25, 0.3) is 0 Å². The fourth-order valence-corrected chi connectivity index (χ4v) is 2.11. The molecule has 96 valence electrons. The number of nitrogens with one attached hydrogen (secondary N) is 1. The second kappa shape index (κ2) is 6.68. The minimum absolute atomic E-state index is 0.0663. The molecule has 4 N–H and O–H groups in total. The van der Waals surface area contributed by atoms with Crippen molar-refractivity contribution in [3.63, 3.8) is 0 Å². The lowest BCUT2D eigenvalue weighted by molar-refractivity contribution is 0.0892. The molecular formula is C11H19N3O2S. The van der Waals surface area contributed by atoms with Crippen LogP contribution in [0.5, 0.6) is 0 Å². The highest BCUT2D eigenvalue weighted by Crippen LogP contribution is 2.11. The van der Waals surface area contributed by atoms with Gasteiger partial charge in [-0.3, -0.25) is 4.79 Å². The minimum atomic E-state index is -0.239. The number of aliphatic hydroxyl groups excluding tert-OH is 1. The molecule has 0 saturated heterocycles. The average Bonchev–Trinajstić information content (AvgIpc) is 2.74. The number of aromatic nitrogens is 1. The van der Waals surface area contributed by atoms with Crippen LogP contribution in [-0.2, 0) is 6.42 Å². The summed E-state index contributed by atoms with van der Waals surface area (Å²) in [6.45, 7) is 4.35. The zero-order valence-corrected chi connectivity index (χ0v) is 11.0. The summed E-state index contributed by atoms with van der Waals surface area (Å²) in [5, 5.41) is 14.5. The molecule has 1 aromatic heterocycles. The van der Waals surface area contributed by atoms with Crippen molar-refractivity contribution in [2.45, 2.75) is 26.3 Å². The maximum Gasteiger partial charge on any atom is 0.271 e. The smallest absolute Gasteiger partial charge is 0.271 e. The Hall–Kier alpha value is -0.980. The van der Waals surface area contributed by atoms with Gasteiger partial charge in [-0.05, 0) is 12.5 Å². The van der Waals surface area contributed by atoms with E-state index >= 15 is 0 Å². The number of hydrogen-bond donors (Lipinski definition) is 3. The van der Waals surface area contributed by atoms with Crippen molar-refractivity contribution in [2.24, 2.45) is 11.7 Å². The van der Waals surface area contributed by atoms with Crippen LogP contribution in [-0.4, -0.2) is 35.2 Å². The predicted molar refractivity (Wildman–Crippen MR) is 68.1 cm³/mol. The van der Waals surface area contributed by atoms with E-state index in [1.54, 1.807) is 5.38 Å². The first kappa shape index (κ1) is 14.1. The van der Waals surface area contributed by atoms with E-state index in [9.17, 15) is 4.79 Å². The summed E-state index contributed by atoms with van der Waals surface area (Å²) in [6, 6.07) is -0.234. The third-order valence-electron chi connectivity index (χ3n) is 2.46. The lowest BCUT2D eigenvalue weighted by Gasteiger charge is -2.19. The molecule has 0 fully saturated rings. The Bertz CT molecular complexity index is 365. The topological polar surface area (TPSA) is 88.2 Å². The Balaban J connectivity index is 2.62. The van der Waals surface area contributed by atoms with Gasteiger partial charge in [-0.15, -0.1) is 11.3 Å². The highest BCUT2D eigenvalue weighted by atomic mass is 32.1. The Kier molecular flexibility index (Phi) is 5.54. The van der Waals surface area contributed by atoms with Crippen LogP contribution in [0, 0.1) is 5.92 Å². The molecule has 1 heterocycles. The molecule has 1 amide bonds. The fraction of sp³-hybridized carbons (Fsp3) is 0.636. The van der Waals surface area contributed by atoms with Crippen molar-refractivity contribution in [3.8, 4) is 0 Å². The van der Waals surface area contributed by atoms with E-state index in [2.05, 4.69) is 10.3 Å². The van der Waals surface area contributed by atoms with Crippen LogP contribution < -0.4 is 11.1 Å². The molecule has 1 rings (SSSR count). The van der Waals surface area contributed by atoms with Gasteiger partial charge in [-0.1, -0.05) is 13.8 Å². The Morgan fingerprint density at radius 2 is 2.35 bits per heavy atom. The number of nitrogens with zero attached hydrogens (tertiary/aromatic N) is 1. The van der Waals surface area contributed by atoms with Gasteiger partial charge in [0.2, 0.25) is 0 Å². The van der Waals surface area contributed by atoms with Gasteiger partial charge < -0.3 is 16.2 Å². The molecule has 0 aliphatic heterocycles. The van der Waals surface area contributed by atoms with Crippen LogP contribution >= 0.6 is 11.3 Å². The van der Waals surface area contributed by atoms with Crippen LogP contribution in [0.3, 0.4) is 0 Å². The predicted octanol–water partition coefficient (Wildman–Crippen LogP) is 0.391. The second-order valence-electron chi connectivity index (χ2n) is 4.17. The van der Waals surface area contributed by atoms with E-state index < -0.39 is 0 Å². The van der Waals surface area contributed by atoms with E-state index in [1.165, 1.54) is 11.3 Å². The molecule has 1 atom stereocenters. The molecule has 0 spiro atoms.